The van der Waals surface area contributed by atoms with Crippen LogP contribution in [0.2, 0.25) is 0 Å². The van der Waals surface area contributed by atoms with Gasteiger partial charge in [-0.1, -0.05) is 25.1 Å². The van der Waals surface area contributed by atoms with Crippen molar-refractivity contribution < 1.29 is 14.3 Å². The summed E-state index contributed by atoms with van der Waals surface area (Å²) in [6.45, 7) is 5.00. The highest BCUT2D eigenvalue weighted by Crippen LogP contribution is 2.18. The minimum Gasteiger partial charge on any atom is -0.368 e. The molecule has 2 aliphatic heterocycles. The van der Waals surface area contributed by atoms with Gasteiger partial charge in [0.2, 0.25) is 0 Å². The number of carbonyl (C=O) groups excluding carboxylic acids is 2. The van der Waals surface area contributed by atoms with Crippen molar-refractivity contribution in [1.29, 1.82) is 0 Å². The number of nitrogens with zero attached hydrogens (tertiary/aromatic N) is 2. The minimum atomic E-state index is -0.276. The molecule has 1 atom stereocenters. The van der Waals surface area contributed by atoms with E-state index in [0.29, 0.717) is 32.8 Å². The third kappa shape index (κ3) is 3.70. The second kappa shape index (κ2) is 7.66. The highest BCUT2D eigenvalue weighted by Gasteiger charge is 2.31. The molecule has 130 valence electrons. The highest BCUT2D eigenvalue weighted by molar-refractivity contribution is 5.90. The van der Waals surface area contributed by atoms with E-state index < -0.39 is 0 Å². The van der Waals surface area contributed by atoms with Gasteiger partial charge in [-0.25, -0.2) is 4.79 Å². The molecule has 3 rings (SSSR count). The Labute approximate surface area is 142 Å². The van der Waals surface area contributed by atoms with Crippen LogP contribution in [0.1, 0.15) is 25.3 Å². The number of rotatable bonds is 3. The van der Waals surface area contributed by atoms with Crippen molar-refractivity contribution in [3.05, 3.63) is 29.8 Å². The number of amides is 3. The molecule has 24 heavy (non-hydrogen) atoms. The van der Waals surface area contributed by atoms with E-state index >= 15 is 0 Å². The summed E-state index contributed by atoms with van der Waals surface area (Å²) in [5.41, 5.74) is 1.99. The topological polar surface area (TPSA) is 61.9 Å². The van der Waals surface area contributed by atoms with Gasteiger partial charge in [-0.15, -0.1) is 0 Å². The third-order valence-corrected chi connectivity index (χ3v) is 4.72. The predicted molar refractivity (Wildman–Crippen MR) is 92.0 cm³/mol. The summed E-state index contributed by atoms with van der Waals surface area (Å²) in [6, 6.07) is 7.75. The van der Waals surface area contributed by atoms with Gasteiger partial charge in [-0.2, -0.15) is 0 Å². The molecule has 6 heteroatoms. The van der Waals surface area contributed by atoms with Crippen LogP contribution in [0.4, 0.5) is 10.5 Å². The van der Waals surface area contributed by atoms with Gasteiger partial charge in [-0.3, -0.25) is 4.79 Å². The summed E-state index contributed by atoms with van der Waals surface area (Å²) in [4.78, 5) is 28.4. The van der Waals surface area contributed by atoms with Crippen molar-refractivity contribution in [2.24, 2.45) is 0 Å². The van der Waals surface area contributed by atoms with Gasteiger partial charge in [0.15, 0.2) is 0 Å². The van der Waals surface area contributed by atoms with Gasteiger partial charge >= 0.3 is 6.03 Å². The molecule has 2 fully saturated rings. The van der Waals surface area contributed by atoms with Crippen molar-refractivity contribution in [2.75, 3.05) is 38.1 Å². The maximum Gasteiger partial charge on any atom is 0.321 e. The smallest absolute Gasteiger partial charge is 0.321 e. The Morgan fingerprint density at radius 2 is 1.88 bits per heavy atom. The van der Waals surface area contributed by atoms with E-state index in [9.17, 15) is 9.59 Å². The van der Waals surface area contributed by atoms with Crippen LogP contribution in [-0.4, -0.2) is 60.6 Å². The molecule has 0 saturated carbocycles. The Bertz CT molecular complexity index is 591. The molecule has 1 N–H and O–H groups in total. The molecular formula is C18H25N3O3. The third-order valence-electron chi connectivity index (χ3n) is 4.72. The van der Waals surface area contributed by atoms with Crippen molar-refractivity contribution in [3.8, 4) is 0 Å². The van der Waals surface area contributed by atoms with E-state index in [-0.39, 0.29) is 18.0 Å². The number of nitrogens with one attached hydrogen (secondary N) is 1. The molecule has 0 radical (unpaired) electrons. The second-order valence-electron chi connectivity index (χ2n) is 6.25. The molecule has 0 aromatic heterocycles. The summed E-state index contributed by atoms with van der Waals surface area (Å²) in [6.07, 6.45) is 2.37. The molecule has 0 spiro atoms. The van der Waals surface area contributed by atoms with Gasteiger partial charge in [0.05, 0.1) is 0 Å². The van der Waals surface area contributed by atoms with Gasteiger partial charge in [0.25, 0.3) is 5.91 Å². The largest absolute Gasteiger partial charge is 0.368 e. The first-order valence-electron chi connectivity index (χ1n) is 8.73. The predicted octanol–water partition coefficient (Wildman–Crippen LogP) is 2.10. The van der Waals surface area contributed by atoms with Crippen LogP contribution in [0.3, 0.4) is 0 Å². The summed E-state index contributed by atoms with van der Waals surface area (Å²) in [5.74, 6) is 0.0730. The normalized spacial score (nSPS) is 21.0. The number of urea groups is 1. The van der Waals surface area contributed by atoms with Gasteiger partial charge in [-0.05, 0) is 30.9 Å². The lowest BCUT2D eigenvalue weighted by Gasteiger charge is -2.35. The van der Waals surface area contributed by atoms with Crippen LogP contribution in [0.5, 0.6) is 0 Å². The zero-order valence-electron chi connectivity index (χ0n) is 14.2. The lowest BCUT2D eigenvalue weighted by atomic mass is 10.1. The molecule has 0 aliphatic carbocycles. The van der Waals surface area contributed by atoms with E-state index in [1.807, 2.05) is 29.2 Å². The monoisotopic (exact) mass is 331 g/mol. The van der Waals surface area contributed by atoms with Crippen LogP contribution in [0, 0.1) is 0 Å². The molecule has 1 aromatic carbocycles. The molecule has 2 heterocycles. The Morgan fingerprint density at radius 1 is 1.17 bits per heavy atom. The Hall–Kier alpha value is -2.08. The van der Waals surface area contributed by atoms with Crippen LogP contribution in [0.25, 0.3) is 0 Å². The van der Waals surface area contributed by atoms with Gasteiger partial charge in [0, 0.05) is 38.5 Å². The van der Waals surface area contributed by atoms with Crippen LogP contribution in [0.15, 0.2) is 24.3 Å². The Morgan fingerprint density at radius 3 is 2.54 bits per heavy atom. The lowest BCUT2D eigenvalue weighted by molar-refractivity contribution is -0.142. The number of ether oxygens (including phenoxy) is 1. The average molecular weight is 331 g/mol. The fraction of sp³-hybridized carbons (Fsp3) is 0.556. The molecule has 6 nitrogen and oxygen atoms in total. The molecular weight excluding hydrogens is 306 g/mol. The fourth-order valence-electron chi connectivity index (χ4n) is 3.25. The molecule has 2 saturated heterocycles. The summed E-state index contributed by atoms with van der Waals surface area (Å²) in [5, 5.41) is 2.99. The summed E-state index contributed by atoms with van der Waals surface area (Å²) in [7, 11) is 0. The van der Waals surface area contributed by atoms with E-state index in [4.69, 9.17) is 4.74 Å². The number of hydrogen-bond acceptors (Lipinski definition) is 3. The van der Waals surface area contributed by atoms with Crippen molar-refractivity contribution >= 4 is 17.6 Å². The maximum atomic E-state index is 12.5. The van der Waals surface area contributed by atoms with E-state index in [1.54, 1.807) is 4.90 Å². The molecule has 3 amide bonds. The molecule has 2 aliphatic rings. The Balaban J connectivity index is 1.52. The van der Waals surface area contributed by atoms with Gasteiger partial charge < -0.3 is 19.9 Å². The zero-order chi connectivity index (χ0) is 16.9. The Kier molecular flexibility index (Phi) is 5.35. The SMILES string of the molecule is CCc1ccccc1NC(=O)N1CCN(C(=O)C2CCCO2)CC1. The lowest BCUT2D eigenvalue weighted by Crippen LogP contribution is -2.53. The zero-order valence-corrected chi connectivity index (χ0v) is 14.2. The molecule has 0 bridgehead atoms. The highest BCUT2D eigenvalue weighted by atomic mass is 16.5. The average Bonchev–Trinajstić information content (AvgIpc) is 3.16. The standard InChI is InChI=1S/C18H25N3O3/c1-2-14-6-3-4-7-15(14)19-18(23)21-11-9-20(10-12-21)17(22)16-8-5-13-24-16/h3-4,6-7,16H,2,5,8-13H2,1H3,(H,19,23). The first-order chi connectivity index (χ1) is 11.7. The second-order valence-corrected chi connectivity index (χ2v) is 6.25. The van der Waals surface area contributed by atoms with E-state index in [2.05, 4.69) is 12.2 Å². The quantitative estimate of drug-likeness (QED) is 0.923. The minimum absolute atomic E-state index is 0.0730. The van der Waals surface area contributed by atoms with Crippen molar-refractivity contribution in [1.82, 2.24) is 9.80 Å². The molecule has 1 unspecified atom stereocenters. The van der Waals surface area contributed by atoms with Crippen LogP contribution in [-0.2, 0) is 16.0 Å². The number of para-hydroxylation sites is 1. The van der Waals surface area contributed by atoms with Crippen molar-refractivity contribution in [2.45, 2.75) is 32.3 Å². The number of hydrogen-bond donors (Lipinski definition) is 1. The maximum absolute atomic E-state index is 12.5. The number of carbonyl (C=O) groups is 2. The van der Waals surface area contributed by atoms with Gasteiger partial charge in [0.1, 0.15) is 6.10 Å². The molecule has 1 aromatic rings. The van der Waals surface area contributed by atoms with Crippen molar-refractivity contribution in [3.63, 3.8) is 0 Å². The number of piperazine rings is 1. The number of aryl methyl sites for hydroxylation is 1. The number of benzene rings is 1. The van der Waals surface area contributed by atoms with Crippen LogP contribution < -0.4 is 5.32 Å². The van der Waals surface area contributed by atoms with Crippen LogP contribution >= 0.6 is 0 Å². The first kappa shape index (κ1) is 16.8. The summed E-state index contributed by atoms with van der Waals surface area (Å²) < 4.78 is 5.46. The van der Waals surface area contributed by atoms with E-state index in [1.165, 1.54) is 0 Å². The van der Waals surface area contributed by atoms with E-state index in [0.717, 1.165) is 30.5 Å². The first-order valence-corrected chi connectivity index (χ1v) is 8.73. The number of anilines is 1. The summed E-state index contributed by atoms with van der Waals surface area (Å²) >= 11 is 0. The fourth-order valence-corrected chi connectivity index (χ4v) is 3.25.